The van der Waals surface area contributed by atoms with Gasteiger partial charge in [0.1, 0.15) is 17.1 Å². The third-order valence-corrected chi connectivity index (χ3v) is 5.78. The first-order chi connectivity index (χ1) is 16.4. The lowest BCUT2D eigenvalue weighted by atomic mass is 9.82. The predicted octanol–water partition coefficient (Wildman–Crippen LogP) is 0.669. The minimum absolute atomic E-state index is 0.0368. The Kier molecular flexibility index (Phi) is 8.66. The molecule has 0 bridgehead atoms. The summed E-state index contributed by atoms with van der Waals surface area (Å²) >= 11 is 0. The lowest BCUT2D eigenvalue weighted by Gasteiger charge is -2.28. The van der Waals surface area contributed by atoms with Crippen molar-refractivity contribution in [2.45, 2.75) is 32.6 Å². The number of nitrogens with zero attached hydrogens (tertiary/aromatic N) is 3. The van der Waals surface area contributed by atoms with E-state index in [-0.39, 0.29) is 40.5 Å². The summed E-state index contributed by atoms with van der Waals surface area (Å²) in [6, 6.07) is 9.32. The van der Waals surface area contributed by atoms with E-state index in [9.17, 15) is 19.5 Å². The van der Waals surface area contributed by atoms with Crippen LogP contribution >= 0.6 is 0 Å². The maximum absolute atomic E-state index is 12.5. The lowest BCUT2D eigenvalue weighted by Crippen LogP contribution is -2.33. The number of aliphatic imine (C=N–C) groups is 1. The van der Waals surface area contributed by atoms with Gasteiger partial charge in [0.05, 0.1) is 5.69 Å². The SMILES string of the molecule is CCNC(=O)c1cccc(C(=O)NCC2CCC(CN=C([O-])c3cccc(C(N)=O)n3)CC2)n1. The van der Waals surface area contributed by atoms with Crippen LogP contribution in [0.1, 0.15) is 69.8 Å². The minimum Gasteiger partial charge on any atom is -0.857 e. The topological polar surface area (TPSA) is 162 Å². The highest BCUT2D eigenvalue weighted by Crippen LogP contribution is 2.28. The highest BCUT2D eigenvalue weighted by molar-refractivity contribution is 5.96. The standard InChI is InChI=1S/C24H30N6O4/c1-2-26-22(32)18-7-4-8-20(30-18)24(34)28-14-16-11-9-15(10-12-16)13-27-23(33)19-6-3-5-17(29-19)21(25)31/h3-8,15-16H,2,9-14H2,1H3,(H2,25,31)(H,26,32)(H,27,33)(H,28,34)/p-1. The zero-order valence-electron chi connectivity index (χ0n) is 19.1. The van der Waals surface area contributed by atoms with Crippen LogP contribution in [0.4, 0.5) is 0 Å². The molecule has 0 aromatic carbocycles. The second-order valence-corrected chi connectivity index (χ2v) is 8.28. The number of hydrogen-bond donors (Lipinski definition) is 3. The average molecular weight is 466 g/mol. The largest absolute Gasteiger partial charge is 0.857 e. The molecule has 10 heteroatoms. The van der Waals surface area contributed by atoms with Crippen LogP contribution in [-0.4, -0.2) is 53.2 Å². The van der Waals surface area contributed by atoms with Gasteiger partial charge in [-0.1, -0.05) is 12.1 Å². The van der Waals surface area contributed by atoms with Crippen molar-refractivity contribution >= 4 is 23.6 Å². The molecule has 0 unspecified atom stereocenters. The van der Waals surface area contributed by atoms with Crippen molar-refractivity contribution in [3.05, 3.63) is 59.2 Å². The van der Waals surface area contributed by atoms with Crippen LogP contribution < -0.4 is 21.5 Å². The summed E-state index contributed by atoms with van der Waals surface area (Å²) in [5.74, 6) is -1.15. The number of pyridine rings is 2. The van der Waals surface area contributed by atoms with E-state index in [1.54, 1.807) is 24.3 Å². The second-order valence-electron chi connectivity index (χ2n) is 8.28. The number of nitrogens with one attached hydrogen (secondary N) is 2. The zero-order chi connectivity index (χ0) is 24.5. The molecule has 0 spiro atoms. The molecule has 0 aliphatic heterocycles. The Bertz CT molecular complexity index is 1060. The number of rotatable bonds is 9. The van der Waals surface area contributed by atoms with E-state index < -0.39 is 11.8 Å². The van der Waals surface area contributed by atoms with E-state index in [2.05, 4.69) is 25.6 Å². The highest BCUT2D eigenvalue weighted by atomic mass is 16.3. The molecule has 10 nitrogen and oxygen atoms in total. The van der Waals surface area contributed by atoms with Crippen molar-refractivity contribution in [3.63, 3.8) is 0 Å². The molecule has 4 N–H and O–H groups in total. The summed E-state index contributed by atoms with van der Waals surface area (Å²) in [4.78, 5) is 47.8. The number of aromatic nitrogens is 2. The van der Waals surface area contributed by atoms with Crippen molar-refractivity contribution in [1.29, 1.82) is 0 Å². The van der Waals surface area contributed by atoms with Crippen LogP contribution in [0.5, 0.6) is 0 Å². The quantitative estimate of drug-likeness (QED) is 0.364. The van der Waals surface area contributed by atoms with Crippen molar-refractivity contribution < 1.29 is 19.5 Å². The van der Waals surface area contributed by atoms with Gasteiger partial charge in [0.15, 0.2) is 0 Å². The van der Waals surface area contributed by atoms with E-state index in [1.807, 2.05) is 6.92 Å². The Morgan fingerprint density at radius 1 is 0.912 bits per heavy atom. The Morgan fingerprint density at radius 3 is 2.06 bits per heavy atom. The van der Waals surface area contributed by atoms with Crippen molar-refractivity contribution in [2.24, 2.45) is 22.6 Å². The van der Waals surface area contributed by atoms with Crippen LogP contribution in [0.2, 0.25) is 0 Å². The van der Waals surface area contributed by atoms with Crippen LogP contribution in [-0.2, 0) is 0 Å². The maximum Gasteiger partial charge on any atom is 0.269 e. The Morgan fingerprint density at radius 2 is 1.44 bits per heavy atom. The first kappa shape index (κ1) is 24.8. The number of hydrogen-bond acceptors (Lipinski definition) is 7. The van der Waals surface area contributed by atoms with Gasteiger partial charge in [0.2, 0.25) is 0 Å². The van der Waals surface area contributed by atoms with Crippen molar-refractivity contribution in [1.82, 2.24) is 20.6 Å². The first-order valence-electron chi connectivity index (χ1n) is 11.4. The molecule has 2 heterocycles. The fourth-order valence-corrected chi connectivity index (χ4v) is 3.87. The molecule has 3 amide bonds. The summed E-state index contributed by atoms with van der Waals surface area (Å²) in [7, 11) is 0. The molecule has 0 radical (unpaired) electrons. The second kappa shape index (κ2) is 11.9. The zero-order valence-corrected chi connectivity index (χ0v) is 19.1. The van der Waals surface area contributed by atoms with Crippen LogP contribution in [0.3, 0.4) is 0 Å². The number of nitrogens with two attached hydrogens (primary N) is 1. The van der Waals surface area contributed by atoms with Gasteiger partial charge in [-0.3, -0.25) is 19.4 Å². The number of carbonyl (C=O) groups is 3. The molecule has 0 saturated heterocycles. The normalized spacial score (nSPS) is 18.2. The summed E-state index contributed by atoms with van der Waals surface area (Å²) < 4.78 is 0. The molecule has 34 heavy (non-hydrogen) atoms. The molecule has 2 aromatic rings. The van der Waals surface area contributed by atoms with Gasteiger partial charge in [-0.15, -0.1) is 0 Å². The molecule has 2 aromatic heterocycles. The molecular weight excluding hydrogens is 436 g/mol. The van der Waals surface area contributed by atoms with E-state index in [1.165, 1.54) is 12.1 Å². The third-order valence-electron chi connectivity index (χ3n) is 5.78. The van der Waals surface area contributed by atoms with Crippen molar-refractivity contribution in [3.8, 4) is 0 Å². The monoisotopic (exact) mass is 465 g/mol. The molecule has 1 saturated carbocycles. The molecule has 0 atom stereocenters. The summed E-state index contributed by atoms with van der Waals surface area (Å²) in [5, 5.41) is 17.9. The van der Waals surface area contributed by atoms with E-state index in [0.717, 1.165) is 25.7 Å². The van der Waals surface area contributed by atoms with Gasteiger partial charge in [-0.25, -0.2) is 9.97 Å². The van der Waals surface area contributed by atoms with Gasteiger partial charge < -0.3 is 21.5 Å². The molecule has 1 aliphatic rings. The third kappa shape index (κ3) is 6.84. The summed E-state index contributed by atoms with van der Waals surface area (Å²) in [6.45, 7) is 3.23. The van der Waals surface area contributed by atoms with Gasteiger partial charge >= 0.3 is 0 Å². The van der Waals surface area contributed by atoms with E-state index in [4.69, 9.17) is 5.73 Å². The molecular formula is C24H29N6O4-. The Hall–Kier alpha value is -3.82. The lowest BCUT2D eigenvalue weighted by molar-refractivity contribution is -0.213. The van der Waals surface area contributed by atoms with Crippen molar-refractivity contribution in [2.75, 3.05) is 19.6 Å². The van der Waals surface area contributed by atoms with Crippen LogP contribution in [0.25, 0.3) is 0 Å². The van der Waals surface area contributed by atoms with Crippen LogP contribution in [0.15, 0.2) is 41.4 Å². The van der Waals surface area contributed by atoms with Gasteiger partial charge in [-0.05, 0) is 68.7 Å². The minimum atomic E-state index is -0.689. The predicted molar refractivity (Wildman–Crippen MR) is 124 cm³/mol. The van der Waals surface area contributed by atoms with E-state index in [0.29, 0.717) is 25.6 Å². The van der Waals surface area contributed by atoms with Gasteiger partial charge in [-0.2, -0.15) is 0 Å². The summed E-state index contributed by atoms with van der Waals surface area (Å²) in [5.41, 5.74) is 5.77. The molecule has 3 rings (SSSR count). The van der Waals surface area contributed by atoms with Gasteiger partial charge in [0, 0.05) is 25.5 Å². The number of carbonyl (C=O) groups excluding carboxylic acids is 3. The fraction of sp³-hybridized carbons (Fsp3) is 0.417. The molecule has 180 valence electrons. The average Bonchev–Trinajstić information content (AvgIpc) is 2.86. The molecule has 1 aliphatic carbocycles. The fourth-order valence-electron chi connectivity index (χ4n) is 3.87. The Labute approximate surface area is 198 Å². The Balaban J connectivity index is 1.45. The first-order valence-corrected chi connectivity index (χ1v) is 11.4. The summed E-state index contributed by atoms with van der Waals surface area (Å²) in [6.07, 6.45) is 3.63. The van der Waals surface area contributed by atoms with Gasteiger partial charge in [0.25, 0.3) is 17.7 Å². The van der Waals surface area contributed by atoms with Crippen LogP contribution in [0, 0.1) is 11.8 Å². The maximum atomic E-state index is 12.5. The smallest absolute Gasteiger partial charge is 0.269 e. The molecule has 1 fully saturated rings. The number of primary amides is 1. The highest BCUT2D eigenvalue weighted by Gasteiger charge is 2.22. The van der Waals surface area contributed by atoms with E-state index >= 15 is 0 Å². The number of amides is 3.